The van der Waals surface area contributed by atoms with Crippen LogP contribution in [0.15, 0.2) is 39.8 Å². The van der Waals surface area contributed by atoms with Gasteiger partial charge in [-0.05, 0) is 32.3 Å². The Labute approximate surface area is 161 Å². The van der Waals surface area contributed by atoms with Crippen LogP contribution in [-0.4, -0.2) is 46.7 Å². The minimum absolute atomic E-state index is 0.413. The van der Waals surface area contributed by atoms with Gasteiger partial charge >= 0.3 is 0 Å². The van der Waals surface area contributed by atoms with Crippen LogP contribution in [0.4, 0.5) is 0 Å². The SMILES string of the molecule is CCNC(=NCc1noc(C)n1)NC1CCN(C(C)c2ccccc2)CC1. The number of hydrogen-bond acceptors (Lipinski definition) is 5. The van der Waals surface area contributed by atoms with Crippen LogP contribution in [0.3, 0.4) is 0 Å². The van der Waals surface area contributed by atoms with Gasteiger partial charge in [-0.2, -0.15) is 4.98 Å². The van der Waals surface area contributed by atoms with Gasteiger partial charge < -0.3 is 15.2 Å². The molecular formula is C20H30N6O. The molecular weight excluding hydrogens is 340 g/mol. The fourth-order valence-corrected chi connectivity index (χ4v) is 3.44. The zero-order valence-electron chi connectivity index (χ0n) is 16.5. The lowest BCUT2D eigenvalue weighted by Gasteiger charge is -2.37. The molecule has 7 nitrogen and oxygen atoms in total. The van der Waals surface area contributed by atoms with E-state index in [1.54, 1.807) is 6.92 Å². The molecule has 3 rings (SSSR count). The number of rotatable bonds is 6. The van der Waals surface area contributed by atoms with Gasteiger partial charge in [-0.25, -0.2) is 4.99 Å². The number of hydrogen-bond donors (Lipinski definition) is 2. The van der Waals surface area contributed by atoms with Crippen LogP contribution in [0.25, 0.3) is 0 Å². The van der Waals surface area contributed by atoms with Crippen molar-refractivity contribution < 1.29 is 4.52 Å². The monoisotopic (exact) mass is 370 g/mol. The Morgan fingerprint density at radius 1 is 1.30 bits per heavy atom. The lowest BCUT2D eigenvalue weighted by Crippen LogP contribution is -2.49. The van der Waals surface area contributed by atoms with E-state index in [1.165, 1.54) is 5.56 Å². The van der Waals surface area contributed by atoms with Gasteiger partial charge in [0.1, 0.15) is 6.54 Å². The summed E-state index contributed by atoms with van der Waals surface area (Å²) in [5, 5.41) is 10.8. The molecule has 0 radical (unpaired) electrons. The second-order valence-electron chi connectivity index (χ2n) is 6.97. The van der Waals surface area contributed by atoms with E-state index in [9.17, 15) is 0 Å². The third-order valence-corrected chi connectivity index (χ3v) is 4.99. The van der Waals surface area contributed by atoms with Crippen LogP contribution < -0.4 is 10.6 Å². The van der Waals surface area contributed by atoms with Gasteiger partial charge in [0.25, 0.3) is 0 Å². The smallest absolute Gasteiger partial charge is 0.223 e. The first-order valence-electron chi connectivity index (χ1n) is 9.78. The lowest BCUT2D eigenvalue weighted by molar-refractivity contribution is 0.158. The summed E-state index contributed by atoms with van der Waals surface area (Å²) >= 11 is 0. The molecule has 1 atom stereocenters. The first kappa shape index (κ1) is 19.4. The van der Waals surface area contributed by atoms with Crippen molar-refractivity contribution in [2.24, 2.45) is 4.99 Å². The summed E-state index contributed by atoms with van der Waals surface area (Å²) in [6.45, 7) is 9.54. The fraction of sp³-hybridized carbons (Fsp3) is 0.550. The van der Waals surface area contributed by atoms with Crippen molar-refractivity contribution in [3.05, 3.63) is 47.6 Å². The summed E-state index contributed by atoms with van der Waals surface area (Å²) in [7, 11) is 0. The number of piperidine rings is 1. The summed E-state index contributed by atoms with van der Waals surface area (Å²) in [6.07, 6.45) is 2.20. The summed E-state index contributed by atoms with van der Waals surface area (Å²) in [6, 6.07) is 11.6. The van der Waals surface area contributed by atoms with E-state index in [2.05, 4.69) is 74.8 Å². The number of aliphatic imine (C=N–C) groups is 1. The molecule has 1 unspecified atom stereocenters. The lowest BCUT2D eigenvalue weighted by atomic mass is 10.0. The first-order chi connectivity index (χ1) is 13.2. The predicted octanol–water partition coefficient (Wildman–Crippen LogP) is 2.66. The highest BCUT2D eigenvalue weighted by Crippen LogP contribution is 2.23. The van der Waals surface area contributed by atoms with Gasteiger partial charge in [-0.15, -0.1) is 0 Å². The maximum absolute atomic E-state index is 5.00. The third kappa shape index (κ3) is 5.53. The molecule has 0 amide bonds. The molecule has 27 heavy (non-hydrogen) atoms. The van der Waals surface area contributed by atoms with Crippen LogP contribution in [0.5, 0.6) is 0 Å². The molecule has 2 N–H and O–H groups in total. The highest BCUT2D eigenvalue weighted by atomic mass is 16.5. The number of nitrogens with zero attached hydrogens (tertiary/aromatic N) is 4. The molecule has 1 fully saturated rings. The van der Waals surface area contributed by atoms with Gasteiger partial charge in [0.05, 0.1) is 0 Å². The van der Waals surface area contributed by atoms with Crippen molar-refractivity contribution >= 4 is 5.96 Å². The van der Waals surface area contributed by atoms with Gasteiger partial charge in [0.2, 0.25) is 5.89 Å². The molecule has 146 valence electrons. The Hall–Kier alpha value is -2.41. The number of nitrogens with one attached hydrogen (secondary N) is 2. The Kier molecular flexibility index (Phi) is 6.81. The van der Waals surface area contributed by atoms with Crippen LogP contribution in [0.2, 0.25) is 0 Å². The third-order valence-electron chi connectivity index (χ3n) is 4.99. The van der Waals surface area contributed by atoms with E-state index in [-0.39, 0.29) is 0 Å². The van der Waals surface area contributed by atoms with Crippen molar-refractivity contribution in [1.29, 1.82) is 0 Å². The summed E-state index contributed by atoms with van der Waals surface area (Å²) in [4.78, 5) is 11.3. The maximum atomic E-state index is 5.00. The number of aromatic nitrogens is 2. The van der Waals surface area contributed by atoms with Crippen molar-refractivity contribution in [2.45, 2.75) is 52.2 Å². The summed E-state index contributed by atoms with van der Waals surface area (Å²) < 4.78 is 5.00. The molecule has 0 spiro atoms. The van der Waals surface area contributed by atoms with Gasteiger partial charge in [-0.3, -0.25) is 4.90 Å². The van der Waals surface area contributed by atoms with Gasteiger partial charge in [0, 0.05) is 38.6 Å². The van der Waals surface area contributed by atoms with E-state index in [0.29, 0.717) is 30.3 Å². The zero-order chi connectivity index (χ0) is 19.1. The van der Waals surface area contributed by atoms with Crippen LogP contribution in [0.1, 0.15) is 50.0 Å². The average molecular weight is 371 g/mol. The van der Waals surface area contributed by atoms with Gasteiger partial charge in [-0.1, -0.05) is 35.5 Å². The number of aryl methyl sites for hydroxylation is 1. The van der Waals surface area contributed by atoms with E-state index >= 15 is 0 Å². The number of likely N-dealkylation sites (tertiary alicyclic amines) is 1. The van der Waals surface area contributed by atoms with Crippen molar-refractivity contribution in [1.82, 2.24) is 25.7 Å². The highest BCUT2D eigenvalue weighted by Gasteiger charge is 2.24. The topological polar surface area (TPSA) is 78.6 Å². The quantitative estimate of drug-likeness (QED) is 0.601. The molecule has 0 aliphatic carbocycles. The van der Waals surface area contributed by atoms with E-state index in [4.69, 9.17) is 4.52 Å². The minimum Gasteiger partial charge on any atom is -0.357 e. The molecule has 2 heterocycles. The molecule has 0 bridgehead atoms. The normalized spacial score (nSPS) is 17.7. The molecule has 0 saturated carbocycles. The van der Waals surface area contributed by atoms with Crippen LogP contribution >= 0.6 is 0 Å². The predicted molar refractivity (Wildman–Crippen MR) is 106 cm³/mol. The molecule has 1 saturated heterocycles. The highest BCUT2D eigenvalue weighted by molar-refractivity contribution is 5.80. The van der Waals surface area contributed by atoms with E-state index in [1.807, 2.05) is 0 Å². The molecule has 7 heteroatoms. The molecule has 2 aromatic rings. The van der Waals surface area contributed by atoms with E-state index in [0.717, 1.165) is 38.4 Å². The fourth-order valence-electron chi connectivity index (χ4n) is 3.44. The second-order valence-corrected chi connectivity index (χ2v) is 6.97. The van der Waals surface area contributed by atoms with Crippen molar-refractivity contribution in [3.8, 4) is 0 Å². The van der Waals surface area contributed by atoms with Crippen LogP contribution in [0, 0.1) is 6.92 Å². The van der Waals surface area contributed by atoms with Crippen molar-refractivity contribution in [2.75, 3.05) is 19.6 Å². The maximum Gasteiger partial charge on any atom is 0.223 e. The number of guanidine groups is 1. The summed E-state index contributed by atoms with van der Waals surface area (Å²) in [5.41, 5.74) is 1.38. The Bertz CT molecular complexity index is 721. The first-order valence-corrected chi connectivity index (χ1v) is 9.78. The minimum atomic E-state index is 0.413. The van der Waals surface area contributed by atoms with Gasteiger partial charge in [0.15, 0.2) is 11.8 Å². The Morgan fingerprint density at radius 2 is 2.04 bits per heavy atom. The average Bonchev–Trinajstić information content (AvgIpc) is 3.12. The Balaban J connectivity index is 1.51. The molecule has 1 aliphatic heterocycles. The van der Waals surface area contributed by atoms with Crippen molar-refractivity contribution in [3.63, 3.8) is 0 Å². The van der Waals surface area contributed by atoms with Crippen LogP contribution in [-0.2, 0) is 6.54 Å². The largest absolute Gasteiger partial charge is 0.357 e. The second kappa shape index (κ2) is 9.50. The Morgan fingerprint density at radius 3 is 2.67 bits per heavy atom. The summed E-state index contributed by atoms with van der Waals surface area (Å²) in [5.74, 6) is 1.99. The number of benzene rings is 1. The molecule has 1 aromatic heterocycles. The standard InChI is InChI=1S/C20H30N6O/c1-4-21-20(22-14-19-23-16(3)27-25-19)24-18-10-12-26(13-11-18)15(2)17-8-6-5-7-9-17/h5-9,15,18H,4,10-14H2,1-3H3,(H2,21,22,24). The molecule has 1 aliphatic rings. The molecule has 1 aromatic carbocycles. The zero-order valence-corrected chi connectivity index (χ0v) is 16.5. The van der Waals surface area contributed by atoms with E-state index < -0.39 is 0 Å².